The fraction of sp³-hybridized carbons (Fsp3) is 1.00. The molecule has 2 unspecified atom stereocenters. The molecule has 0 heterocycles. The Bertz CT molecular complexity index is 392. The lowest BCUT2D eigenvalue weighted by Crippen LogP contribution is -2.57. The molecule has 0 aromatic rings. The molecule has 2 rings (SSSR count). The highest BCUT2D eigenvalue weighted by molar-refractivity contribution is 7.89. The van der Waals surface area contributed by atoms with Crippen molar-refractivity contribution in [3.8, 4) is 0 Å². The molecule has 2 aliphatic rings. The van der Waals surface area contributed by atoms with Crippen molar-refractivity contribution in [2.45, 2.75) is 51.0 Å². The van der Waals surface area contributed by atoms with Gasteiger partial charge in [0.2, 0.25) is 10.0 Å². The molecule has 2 N–H and O–H groups in total. The summed E-state index contributed by atoms with van der Waals surface area (Å²) < 4.78 is 26.5. The third-order valence-electron chi connectivity index (χ3n) is 4.68. The maximum atomic E-state index is 12.4. The van der Waals surface area contributed by atoms with Gasteiger partial charge in [-0.15, -0.1) is 0 Å². The summed E-state index contributed by atoms with van der Waals surface area (Å²) in [6.07, 6.45) is 6.23. The Morgan fingerprint density at radius 1 is 1.33 bits per heavy atom. The van der Waals surface area contributed by atoms with Gasteiger partial charge in [0, 0.05) is 19.1 Å². The summed E-state index contributed by atoms with van der Waals surface area (Å²) >= 11 is 0. The SMILES string of the molecule is CC1CCCC(CN)(N(C)S(=O)(=O)CC2CC2)C1. The van der Waals surface area contributed by atoms with Crippen molar-refractivity contribution in [1.82, 2.24) is 4.31 Å². The molecule has 0 aliphatic heterocycles. The zero-order valence-electron chi connectivity index (χ0n) is 11.6. The first-order valence-electron chi connectivity index (χ1n) is 7.06. The van der Waals surface area contributed by atoms with Gasteiger partial charge in [0.05, 0.1) is 5.75 Å². The number of nitrogens with zero attached hydrogens (tertiary/aromatic N) is 1. The Labute approximate surface area is 111 Å². The third-order valence-corrected chi connectivity index (χ3v) is 6.79. The molecular weight excluding hydrogens is 248 g/mol. The van der Waals surface area contributed by atoms with E-state index in [0.717, 1.165) is 32.1 Å². The predicted molar refractivity (Wildman–Crippen MR) is 73.7 cm³/mol. The van der Waals surface area contributed by atoms with E-state index in [1.807, 2.05) is 0 Å². The normalized spacial score (nSPS) is 33.9. The number of hydrogen-bond donors (Lipinski definition) is 1. The lowest BCUT2D eigenvalue weighted by atomic mass is 9.76. The summed E-state index contributed by atoms with van der Waals surface area (Å²) in [6, 6.07) is 0. The minimum Gasteiger partial charge on any atom is -0.329 e. The van der Waals surface area contributed by atoms with Crippen molar-refractivity contribution in [2.75, 3.05) is 19.3 Å². The average molecular weight is 274 g/mol. The maximum Gasteiger partial charge on any atom is 0.214 e. The Morgan fingerprint density at radius 2 is 2.00 bits per heavy atom. The molecule has 0 bridgehead atoms. The number of sulfonamides is 1. The van der Waals surface area contributed by atoms with Crippen LogP contribution in [0.5, 0.6) is 0 Å². The van der Waals surface area contributed by atoms with Crippen LogP contribution >= 0.6 is 0 Å². The topological polar surface area (TPSA) is 63.4 Å². The molecular formula is C13H26N2O2S. The molecule has 2 aliphatic carbocycles. The van der Waals surface area contributed by atoms with Gasteiger partial charge in [-0.25, -0.2) is 8.42 Å². The summed E-state index contributed by atoms with van der Waals surface area (Å²) in [5.41, 5.74) is 5.61. The molecule has 0 aromatic heterocycles. The highest BCUT2D eigenvalue weighted by Crippen LogP contribution is 2.38. The second-order valence-corrected chi connectivity index (χ2v) is 8.36. The van der Waals surface area contributed by atoms with Gasteiger partial charge in [0.25, 0.3) is 0 Å². The summed E-state index contributed by atoms with van der Waals surface area (Å²) in [5.74, 6) is 1.29. The Balaban J connectivity index is 2.14. The lowest BCUT2D eigenvalue weighted by molar-refractivity contribution is 0.127. The fourth-order valence-electron chi connectivity index (χ4n) is 3.22. The standard InChI is InChI=1S/C13H26N2O2S/c1-11-4-3-7-13(8-11,10-14)15(2)18(16,17)9-12-5-6-12/h11-12H,3-10,14H2,1-2H3. The van der Waals surface area contributed by atoms with E-state index in [1.54, 1.807) is 11.4 Å². The van der Waals surface area contributed by atoms with Crippen LogP contribution in [0.3, 0.4) is 0 Å². The quantitative estimate of drug-likeness (QED) is 0.827. The molecule has 2 atom stereocenters. The number of likely N-dealkylation sites (N-methyl/N-ethyl adjacent to an activating group) is 1. The highest BCUT2D eigenvalue weighted by atomic mass is 32.2. The van der Waals surface area contributed by atoms with E-state index in [-0.39, 0.29) is 5.54 Å². The van der Waals surface area contributed by atoms with Gasteiger partial charge in [-0.05, 0) is 37.5 Å². The third kappa shape index (κ3) is 2.89. The average Bonchev–Trinajstić information content (AvgIpc) is 3.11. The van der Waals surface area contributed by atoms with Crippen LogP contribution < -0.4 is 5.73 Å². The minimum atomic E-state index is -3.14. The van der Waals surface area contributed by atoms with Gasteiger partial charge in [-0.2, -0.15) is 4.31 Å². The summed E-state index contributed by atoms with van der Waals surface area (Å²) in [6.45, 7) is 2.64. The molecule has 5 heteroatoms. The largest absolute Gasteiger partial charge is 0.329 e. The van der Waals surface area contributed by atoms with Crippen molar-refractivity contribution in [2.24, 2.45) is 17.6 Å². The Morgan fingerprint density at radius 3 is 2.50 bits per heavy atom. The van der Waals surface area contributed by atoms with Crippen LogP contribution in [-0.4, -0.2) is 37.6 Å². The molecule has 0 spiro atoms. The molecule has 106 valence electrons. The van der Waals surface area contributed by atoms with Crippen LogP contribution in [0, 0.1) is 11.8 Å². The monoisotopic (exact) mass is 274 g/mol. The maximum absolute atomic E-state index is 12.4. The van der Waals surface area contributed by atoms with Crippen molar-refractivity contribution >= 4 is 10.0 Å². The molecule has 0 saturated heterocycles. The molecule has 2 fully saturated rings. The molecule has 0 aromatic carbocycles. The summed E-state index contributed by atoms with van der Waals surface area (Å²) in [7, 11) is -1.40. The van der Waals surface area contributed by atoms with E-state index in [9.17, 15) is 8.42 Å². The van der Waals surface area contributed by atoms with Crippen molar-refractivity contribution < 1.29 is 8.42 Å². The number of rotatable bonds is 5. The predicted octanol–water partition coefficient (Wildman–Crippen LogP) is 1.57. The van der Waals surface area contributed by atoms with Gasteiger partial charge < -0.3 is 5.73 Å². The molecule has 0 radical (unpaired) electrons. The number of nitrogens with two attached hydrogens (primary N) is 1. The van der Waals surface area contributed by atoms with E-state index in [1.165, 1.54) is 6.42 Å². The molecule has 4 nitrogen and oxygen atoms in total. The second-order valence-electron chi connectivity index (χ2n) is 6.32. The zero-order chi connectivity index (χ0) is 13.4. The Kier molecular flexibility index (Phi) is 4.04. The van der Waals surface area contributed by atoms with Gasteiger partial charge in [0.15, 0.2) is 0 Å². The van der Waals surface area contributed by atoms with E-state index in [2.05, 4.69) is 6.92 Å². The first-order valence-corrected chi connectivity index (χ1v) is 8.67. The van der Waals surface area contributed by atoms with Crippen molar-refractivity contribution in [3.63, 3.8) is 0 Å². The molecule has 0 amide bonds. The van der Waals surface area contributed by atoms with Gasteiger partial charge in [0.1, 0.15) is 0 Å². The van der Waals surface area contributed by atoms with E-state index in [0.29, 0.717) is 24.1 Å². The second kappa shape index (κ2) is 5.10. The van der Waals surface area contributed by atoms with E-state index >= 15 is 0 Å². The van der Waals surface area contributed by atoms with Crippen LogP contribution in [0.4, 0.5) is 0 Å². The van der Waals surface area contributed by atoms with Crippen LogP contribution in [-0.2, 0) is 10.0 Å². The molecule has 2 saturated carbocycles. The number of hydrogen-bond acceptors (Lipinski definition) is 3. The zero-order valence-corrected chi connectivity index (χ0v) is 12.4. The van der Waals surface area contributed by atoms with E-state index in [4.69, 9.17) is 5.73 Å². The van der Waals surface area contributed by atoms with Crippen molar-refractivity contribution in [1.29, 1.82) is 0 Å². The van der Waals surface area contributed by atoms with Crippen LogP contribution in [0.15, 0.2) is 0 Å². The summed E-state index contributed by atoms with van der Waals surface area (Å²) in [4.78, 5) is 0. The van der Waals surface area contributed by atoms with Gasteiger partial charge in [-0.3, -0.25) is 0 Å². The molecule has 18 heavy (non-hydrogen) atoms. The minimum absolute atomic E-state index is 0.319. The summed E-state index contributed by atoms with van der Waals surface area (Å²) in [5, 5.41) is 0. The first kappa shape index (κ1) is 14.3. The van der Waals surface area contributed by atoms with Crippen LogP contribution in [0.25, 0.3) is 0 Å². The fourth-order valence-corrected chi connectivity index (χ4v) is 5.20. The highest BCUT2D eigenvalue weighted by Gasteiger charge is 2.44. The van der Waals surface area contributed by atoms with Gasteiger partial charge in [-0.1, -0.05) is 19.8 Å². The van der Waals surface area contributed by atoms with Crippen molar-refractivity contribution in [3.05, 3.63) is 0 Å². The van der Waals surface area contributed by atoms with Gasteiger partial charge >= 0.3 is 0 Å². The van der Waals surface area contributed by atoms with E-state index < -0.39 is 10.0 Å². The lowest BCUT2D eigenvalue weighted by Gasteiger charge is -2.45. The van der Waals surface area contributed by atoms with Crippen LogP contribution in [0.1, 0.15) is 45.4 Å². The smallest absolute Gasteiger partial charge is 0.214 e. The first-order chi connectivity index (χ1) is 8.39. The van der Waals surface area contributed by atoms with Crippen LogP contribution in [0.2, 0.25) is 0 Å². The Hall–Kier alpha value is -0.130.